The Kier molecular flexibility index (Phi) is 7.19. The van der Waals surface area contributed by atoms with Gasteiger partial charge in [0.05, 0.1) is 0 Å². The standard InChI is InChI=1S/C31H28N2/c1-3-26(32(28-17-9-5-10-18-28)29-19-11-6-12-20-29)25-27(4-2)33(30-21-13-7-14-22-30)31-23-15-8-16-24-31/h3-25H,1H2,2H3/b26-25+,27-4+. The second-order valence-corrected chi connectivity index (χ2v) is 7.50. The lowest BCUT2D eigenvalue weighted by Crippen LogP contribution is -2.19. The van der Waals surface area contributed by atoms with E-state index in [-0.39, 0.29) is 0 Å². The van der Waals surface area contributed by atoms with Crippen LogP contribution in [0.4, 0.5) is 22.7 Å². The molecule has 0 saturated carbocycles. The van der Waals surface area contributed by atoms with Gasteiger partial charge in [0.15, 0.2) is 0 Å². The zero-order valence-corrected chi connectivity index (χ0v) is 18.9. The van der Waals surface area contributed by atoms with E-state index in [1.807, 2.05) is 30.3 Å². The van der Waals surface area contributed by atoms with E-state index in [9.17, 15) is 0 Å². The van der Waals surface area contributed by atoms with Gasteiger partial charge in [-0.25, -0.2) is 0 Å². The maximum absolute atomic E-state index is 4.17. The molecule has 33 heavy (non-hydrogen) atoms. The molecule has 0 saturated heterocycles. The van der Waals surface area contributed by atoms with Gasteiger partial charge in [0.1, 0.15) is 0 Å². The highest BCUT2D eigenvalue weighted by molar-refractivity contribution is 5.74. The zero-order valence-electron chi connectivity index (χ0n) is 18.9. The average molecular weight is 429 g/mol. The molecule has 4 rings (SSSR count). The molecule has 0 amide bonds. The summed E-state index contributed by atoms with van der Waals surface area (Å²) in [7, 11) is 0. The van der Waals surface area contributed by atoms with Crippen LogP contribution in [0.25, 0.3) is 0 Å². The van der Waals surface area contributed by atoms with E-state index in [1.54, 1.807) is 0 Å². The fourth-order valence-electron chi connectivity index (χ4n) is 3.85. The highest BCUT2D eigenvalue weighted by Gasteiger charge is 2.17. The minimum absolute atomic E-state index is 0.984. The van der Waals surface area contributed by atoms with Crippen LogP contribution < -0.4 is 9.80 Å². The molecule has 0 aromatic heterocycles. The first-order chi connectivity index (χ1) is 16.3. The van der Waals surface area contributed by atoms with Crippen LogP contribution in [0.3, 0.4) is 0 Å². The highest BCUT2D eigenvalue weighted by Crippen LogP contribution is 2.34. The van der Waals surface area contributed by atoms with Crippen LogP contribution in [0.2, 0.25) is 0 Å². The number of anilines is 4. The number of para-hydroxylation sites is 4. The third-order valence-electron chi connectivity index (χ3n) is 5.37. The largest absolute Gasteiger partial charge is 0.311 e. The number of hydrogen-bond acceptors (Lipinski definition) is 2. The molecule has 0 bridgehead atoms. The number of allylic oxidation sites excluding steroid dienone is 3. The molecule has 4 aromatic rings. The van der Waals surface area contributed by atoms with Gasteiger partial charge in [-0.1, -0.05) is 85.5 Å². The lowest BCUT2D eigenvalue weighted by Gasteiger charge is -2.30. The monoisotopic (exact) mass is 428 g/mol. The second-order valence-electron chi connectivity index (χ2n) is 7.50. The molecule has 0 spiro atoms. The molecule has 0 heterocycles. The molecule has 0 aliphatic heterocycles. The lowest BCUT2D eigenvalue weighted by atomic mass is 10.1. The summed E-state index contributed by atoms with van der Waals surface area (Å²) in [6, 6.07) is 41.6. The third-order valence-corrected chi connectivity index (χ3v) is 5.37. The number of nitrogens with zero attached hydrogens (tertiary/aromatic N) is 2. The Morgan fingerprint density at radius 1 is 0.515 bits per heavy atom. The van der Waals surface area contributed by atoms with Gasteiger partial charge in [-0.3, -0.25) is 0 Å². The Morgan fingerprint density at radius 2 is 0.818 bits per heavy atom. The summed E-state index contributed by atoms with van der Waals surface area (Å²) in [5.74, 6) is 0. The van der Waals surface area contributed by atoms with Crippen LogP contribution in [0, 0.1) is 0 Å². The third kappa shape index (κ3) is 5.13. The number of rotatable bonds is 8. The van der Waals surface area contributed by atoms with Gasteiger partial charge in [-0.05, 0) is 67.6 Å². The first-order valence-corrected chi connectivity index (χ1v) is 11.1. The van der Waals surface area contributed by atoms with E-state index in [2.05, 4.69) is 133 Å². The van der Waals surface area contributed by atoms with Crippen molar-refractivity contribution in [3.8, 4) is 0 Å². The van der Waals surface area contributed by atoms with Crippen molar-refractivity contribution in [2.24, 2.45) is 0 Å². The van der Waals surface area contributed by atoms with Crippen molar-refractivity contribution in [3.05, 3.63) is 158 Å². The summed E-state index contributed by atoms with van der Waals surface area (Å²) < 4.78 is 0. The molecule has 162 valence electrons. The van der Waals surface area contributed by atoms with Crippen molar-refractivity contribution in [2.45, 2.75) is 6.92 Å². The van der Waals surface area contributed by atoms with Gasteiger partial charge in [0.2, 0.25) is 0 Å². The molecule has 0 N–H and O–H groups in total. The first-order valence-electron chi connectivity index (χ1n) is 11.1. The fraction of sp³-hybridized carbons (Fsp3) is 0.0323. The normalized spacial score (nSPS) is 11.7. The maximum Gasteiger partial charge on any atom is 0.0476 e. The Labute approximate surface area is 197 Å². The molecule has 2 heteroatoms. The van der Waals surface area contributed by atoms with Crippen LogP contribution in [0.15, 0.2) is 158 Å². The number of benzene rings is 4. The number of hydrogen-bond donors (Lipinski definition) is 0. The molecule has 0 aliphatic rings. The predicted octanol–water partition coefficient (Wildman–Crippen LogP) is 8.64. The van der Waals surface area contributed by atoms with Crippen LogP contribution >= 0.6 is 0 Å². The Bertz CT molecular complexity index is 1130. The van der Waals surface area contributed by atoms with Crippen LogP contribution in [0.5, 0.6) is 0 Å². The Hall–Kier alpha value is -4.30. The van der Waals surface area contributed by atoms with Crippen LogP contribution in [-0.4, -0.2) is 0 Å². The van der Waals surface area contributed by atoms with E-state index < -0.39 is 0 Å². The van der Waals surface area contributed by atoms with Crippen molar-refractivity contribution in [1.29, 1.82) is 0 Å². The van der Waals surface area contributed by atoms with Gasteiger partial charge in [-0.15, -0.1) is 0 Å². The van der Waals surface area contributed by atoms with Crippen molar-refractivity contribution in [3.63, 3.8) is 0 Å². The lowest BCUT2D eigenvalue weighted by molar-refractivity contribution is 1.16. The summed E-state index contributed by atoms with van der Waals surface area (Å²) in [6.07, 6.45) is 6.24. The van der Waals surface area contributed by atoms with Crippen molar-refractivity contribution >= 4 is 22.7 Å². The van der Waals surface area contributed by atoms with E-state index in [0.29, 0.717) is 0 Å². The maximum atomic E-state index is 4.17. The molecule has 0 aliphatic carbocycles. The van der Waals surface area contributed by atoms with E-state index in [0.717, 1.165) is 34.1 Å². The Morgan fingerprint density at radius 3 is 1.09 bits per heavy atom. The smallest absolute Gasteiger partial charge is 0.0476 e. The van der Waals surface area contributed by atoms with Gasteiger partial charge in [-0.2, -0.15) is 0 Å². The quantitative estimate of drug-likeness (QED) is 0.259. The topological polar surface area (TPSA) is 6.48 Å². The molecule has 0 atom stereocenters. The van der Waals surface area contributed by atoms with Crippen molar-refractivity contribution in [1.82, 2.24) is 0 Å². The van der Waals surface area contributed by atoms with Gasteiger partial charge in [0, 0.05) is 34.1 Å². The van der Waals surface area contributed by atoms with Crippen LogP contribution in [-0.2, 0) is 0 Å². The summed E-state index contributed by atoms with van der Waals surface area (Å²) in [6.45, 7) is 6.24. The molecular formula is C31H28N2. The molecule has 4 aromatic carbocycles. The Balaban J connectivity index is 1.85. The molecule has 0 radical (unpaired) electrons. The molecule has 0 fully saturated rings. The SMILES string of the molecule is C=C/C(=C\C(=C/C)N(c1ccccc1)c1ccccc1)N(c1ccccc1)c1ccccc1. The summed E-state index contributed by atoms with van der Waals surface area (Å²) in [5.41, 5.74) is 6.40. The summed E-state index contributed by atoms with van der Waals surface area (Å²) in [5, 5.41) is 0. The van der Waals surface area contributed by atoms with E-state index in [1.165, 1.54) is 0 Å². The second kappa shape index (κ2) is 10.8. The highest BCUT2D eigenvalue weighted by atomic mass is 15.2. The molecular weight excluding hydrogens is 400 g/mol. The predicted molar refractivity (Wildman–Crippen MR) is 142 cm³/mol. The van der Waals surface area contributed by atoms with E-state index >= 15 is 0 Å². The fourth-order valence-corrected chi connectivity index (χ4v) is 3.85. The van der Waals surface area contributed by atoms with Gasteiger partial charge < -0.3 is 9.80 Å². The first kappa shape index (κ1) is 21.9. The summed E-state index contributed by atoms with van der Waals surface area (Å²) in [4.78, 5) is 4.49. The minimum Gasteiger partial charge on any atom is -0.311 e. The zero-order chi connectivity index (χ0) is 22.9. The van der Waals surface area contributed by atoms with Gasteiger partial charge >= 0.3 is 0 Å². The van der Waals surface area contributed by atoms with Crippen LogP contribution in [0.1, 0.15) is 6.92 Å². The minimum atomic E-state index is 0.984. The van der Waals surface area contributed by atoms with Crippen molar-refractivity contribution in [2.75, 3.05) is 9.80 Å². The van der Waals surface area contributed by atoms with E-state index in [4.69, 9.17) is 0 Å². The van der Waals surface area contributed by atoms with Gasteiger partial charge in [0.25, 0.3) is 0 Å². The molecule has 0 unspecified atom stereocenters. The van der Waals surface area contributed by atoms with Crippen molar-refractivity contribution < 1.29 is 0 Å². The molecule has 2 nitrogen and oxygen atoms in total. The average Bonchev–Trinajstić information content (AvgIpc) is 2.90. The summed E-state index contributed by atoms with van der Waals surface area (Å²) >= 11 is 0.